The number of rotatable bonds is 1. The monoisotopic (exact) mass is 260 g/mol. The van der Waals surface area contributed by atoms with E-state index in [-0.39, 0.29) is 17.5 Å². The molecule has 0 unspecified atom stereocenters. The number of aromatic hydroxyl groups is 1. The first-order valence-corrected chi connectivity index (χ1v) is 6.37. The molecule has 0 saturated heterocycles. The Hall–Kier alpha value is -2.79. The van der Waals surface area contributed by atoms with Gasteiger partial charge in [-0.2, -0.15) is 0 Å². The predicted molar refractivity (Wildman–Crippen MR) is 79.3 cm³/mol. The first-order valence-electron chi connectivity index (χ1n) is 6.37. The van der Waals surface area contributed by atoms with Crippen LogP contribution in [0.5, 0.6) is 5.75 Å². The fourth-order valence-corrected chi connectivity index (χ4v) is 2.17. The van der Waals surface area contributed by atoms with Crippen molar-refractivity contribution in [1.29, 1.82) is 0 Å². The molecule has 1 N–H and O–H groups in total. The first kappa shape index (κ1) is 12.3. The number of hydrogen-bond acceptors (Lipinski definition) is 2. The molecule has 2 aromatic rings. The van der Waals surface area contributed by atoms with Crippen molar-refractivity contribution in [2.24, 2.45) is 5.92 Å². The van der Waals surface area contributed by atoms with Gasteiger partial charge in [0.2, 0.25) is 5.78 Å². The van der Waals surface area contributed by atoms with Gasteiger partial charge in [0, 0.05) is 5.39 Å². The molecule has 0 aliphatic heterocycles. The van der Waals surface area contributed by atoms with E-state index in [0.29, 0.717) is 5.56 Å². The van der Waals surface area contributed by atoms with Crippen molar-refractivity contribution in [1.82, 2.24) is 0 Å². The Morgan fingerprint density at radius 2 is 1.80 bits per heavy atom. The maximum atomic E-state index is 11.8. The lowest BCUT2D eigenvalue weighted by Gasteiger charge is -2.02. The highest BCUT2D eigenvalue weighted by molar-refractivity contribution is 6.01. The van der Waals surface area contributed by atoms with Gasteiger partial charge in [-0.15, -0.1) is 0 Å². The van der Waals surface area contributed by atoms with Crippen LogP contribution >= 0.6 is 0 Å². The van der Waals surface area contributed by atoms with Crippen LogP contribution in [-0.2, 0) is 4.79 Å². The molecule has 96 valence electrons. The summed E-state index contributed by atoms with van der Waals surface area (Å²) in [6.07, 6.45) is 7.27. The van der Waals surface area contributed by atoms with Gasteiger partial charge in [-0.3, -0.25) is 4.79 Å². The predicted octanol–water partition coefficient (Wildman–Crippen LogP) is 3.21. The zero-order valence-corrected chi connectivity index (χ0v) is 10.7. The van der Waals surface area contributed by atoms with Crippen LogP contribution in [0.15, 0.2) is 60.7 Å². The minimum atomic E-state index is -0.259. The van der Waals surface area contributed by atoms with Crippen LogP contribution in [0.1, 0.15) is 5.56 Å². The van der Waals surface area contributed by atoms with Crippen LogP contribution < -0.4 is 0 Å². The summed E-state index contributed by atoms with van der Waals surface area (Å²) in [6, 6.07) is 11.1. The van der Waals surface area contributed by atoms with Crippen molar-refractivity contribution in [3.63, 3.8) is 0 Å². The summed E-state index contributed by atoms with van der Waals surface area (Å²) in [5.41, 5.74) is 0.475. The van der Waals surface area contributed by atoms with E-state index in [0.717, 1.165) is 10.8 Å². The molecule has 0 bridgehead atoms. The molecule has 2 nitrogen and oxygen atoms in total. The van der Waals surface area contributed by atoms with Crippen LogP contribution in [0.4, 0.5) is 0 Å². The van der Waals surface area contributed by atoms with Crippen molar-refractivity contribution in [3.8, 4) is 17.6 Å². The third-order valence-corrected chi connectivity index (χ3v) is 3.27. The third-order valence-electron chi connectivity index (χ3n) is 3.27. The van der Waals surface area contributed by atoms with Crippen molar-refractivity contribution in [2.75, 3.05) is 0 Å². The number of allylic oxidation sites excluding steroid dienone is 4. The SMILES string of the molecule is O=C(C#Cc1ccc2ccccc2c1O)C1C=CC=C1. The number of ketones is 1. The van der Waals surface area contributed by atoms with Gasteiger partial charge in [-0.1, -0.05) is 60.6 Å². The zero-order valence-electron chi connectivity index (χ0n) is 10.7. The lowest BCUT2D eigenvalue weighted by atomic mass is 10.0. The van der Waals surface area contributed by atoms with Gasteiger partial charge in [-0.05, 0) is 17.4 Å². The lowest BCUT2D eigenvalue weighted by molar-refractivity contribution is -0.114. The Kier molecular flexibility index (Phi) is 3.10. The number of carbonyl (C=O) groups excluding carboxylic acids is 1. The quantitative estimate of drug-likeness (QED) is 0.799. The highest BCUT2D eigenvalue weighted by Crippen LogP contribution is 2.27. The van der Waals surface area contributed by atoms with Crippen LogP contribution in [0.2, 0.25) is 0 Å². The second kappa shape index (κ2) is 5.07. The van der Waals surface area contributed by atoms with E-state index >= 15 is 0 Å². The first-order chi connectivity index (χ1) is 9.75. The summed E-state index contributed by atoms with van der Waals surface area (Å²) in [6.45, 7) is 0. The molecule has 2 aromatic carbocycles. The molecule has 0 saturated carbocycles. The summed E-state index contributed by atoms with van der Waals surface area (Å²) >= 11 is 0. The number of hydrogen-bond donors (Lipinski definition) is 1. The van der Waals surface area contributed by atoms with E-state index in [1.165, 1.54) is 0 Å². The molecule has 0 spiro atoms. The van der Waals surface area contributed by atoms with Gasteiger partial charge < -0.3 is 5.11 Å². The molecule has 2 heteroatoms. The van der Waals surface area contributed by atoms with Gasteiger partial charge >= 0.3 is 0 Å². The standard InChI is InChI=1S/C18H12O2/c19-17(14-6-1-2-7-14)12-11-15-10-9-13-5-3-4-8-16(13)18(15)20/h1-10,14,20H. The Morgan fingerprint density at radius 1 is 1.05 bits per heavy atom. The molecule has 1 aliphatic carbocycles. The Labute approximate surface area is 117 Å². The van der Waals surface area contributed by atoms with Gasteiger partial charge in [0.05, 0.1) is 11.5 Å². The summed E-state index contributed by atoms with van der Waals surface area (Å²) in [5, 5.41) is 11.9. The fraction of sp³-hybridized carbons (Fsp3) is 0.0556. The number of phenolic OH excluding ortho intramolecular Hbond substituents is 1. The summed E-state index contributed by atoms with van der Waals surface area (Å²) in [5.74, 6) is 5.06. The van der Waals surface area contributed by atoms with Crippen molar-refractivity contribution in [2.45, 2.75) is 0 Å². The summed E-state index contributed by atoms with van der Waals surface area (Å²) < 4.78 is 0. The molecule has 0 radical (unpaired) electrons. The Balaban J connectivity index is 1.96. The smallest absolute Gasteiger partial charge is 0.216 e. The molecule has 20 heavy (non-hydrogen) atoms. The molecule has 0 aromatic heterocycles. The van der Waals surface area contributed by atoms with Gasteiger partial charge in [0.25, 0.3) is 0 Å². The largest absolute Gasteiger partial charge is 0.506 e. The zero-order chi connectivity index (χ0) is 13.9. The van der Waals surface area contributed by atoms with Crippen LogP contribution in [0.3, 0.4) is 0 Å². The van der Waals surface area contributed by atoms with E-state index in [4.69, 9.17) is 0 Å². The lowest BCUT2D eigenvalue weighted by Crippen LogP contribution is -2.04. The van der Waals surface area contributed by atoms with Crippen LogP contribution in [-0.4, -0.2) is 10.9 Å². The van der Waals surface area contributed by atoms with Gasteiger partial charge in [-0.25, -0.2) is 0 Å². The molecule has 1 aliphatic rings. The average molecular weight is 260 g/mol. The third kappa shape index (κ3) is 2.22. The number of phenols is 1. The number of Topliss-reactive ketones (excluding diaryl/α,β-unsaturated/α-hetero) is 1. The molecular formula is C18H12O2. The second-order valence-corrected chi connectivity index (χ2v) is 4.59. The van der Waals surface area contributed by atoms with Crippen LogP contribution in [0.25, 0.3) is 10.8 Å². The van der Waals surface area contributed by atoms with E-state index in [1.54, 1.807) is 18.2 Å². The molecule has 0 amide bonds. The van der Waals surface area contributed by atoms with Crippen molar-refractivity contribution < 1.29 is 9.90 Å². The van der Waals surface area contributed by atoms with Crippen molar-refractivity contribution in [3.05, 3.63) is 66.3 Å². The molecule has 0 fully saturated rings. The number of benzene rings is 2. The van der Waals surface area contributed by atoms with E-state index < -0.39 is 0 Å². The van der Waals surface area contributed by atoms with Gasteiger partial charge in [0.1, 0.15) is 5.75 Å². The summed E-state index contributed by atoms with van der Waals surface area (Å²) in [4.78, 5) is 11.8. The topological polar surface area (TPSA) is 37.3 Å². The summed E-state index contributed by atoms with van der Waals surface area (Å²) in [7, 11) is 0. The minimum absolute atomic E-state index is 0.126. The van der Waals surface area contributed by atoms with Gasteiger partial charge in [0.15, 0.2) is 0 Å². The number of fused-ring (bicyclic) bond motifs is 1. The molecule has 0 atom stereocenters. The number of carbonyl (C=O) groups is 1. The average Bonchev–Trinajstić information content (AvgIpc) is 3.01. The second-order valence-electron chi connectivity index (χ2n) is 4.59. The molecule has 3 rings (SSSR count). The highest BCUT2D eigenvalue weighted by Gasteiger charge is 2.11. The normalized spacial score (nSPS) is 13.4. The van der Waals surface area contributed by atoms with E-state index in [1.807, 2.05) is 42.5 Å². The maximum Gasteiger partial charge on any atom is 0.216 e. The van der Waals surface area contributed by atoms with Crippen LogP contribution in [0, 0.1) is 17.8 Å². The Bertz CT molecular complexity index is 789. The molecular weight excluding hydrogens is 248 g/mol. The van der Waals surface area contributed by atoms with E-state index in [2.05, 4.69) is 11.8 Å². The van der Waals surface area contributed by atoms with Crippen molar-refractivity contribution >= 4 is 16.6 Å². The Morgan fingerprint density at radius 3 is 2.60 bits per heavy atom. The fourth-order valence-electron chi connectivity index (χ4n) is 2.17. The maximum absolute atomic E-state index is 11.8. The highest BCUT2D eigenvalue weighted by atomic mass is 16.3. The molecule has 0 heterocycles. The minimum Gasteiger partial charge on any atom is -0.506 e. The van der Waals surface area contributed by atoms with E-state index in [9.17, 15) is 9.90 Å².